The average Bonchev–Trinajstić information content (AvgIpc) is 2.31. The number of benzene rings is 1. The summed E-state index contributed by atoms with van der Waals surface area (Å²) in [6, 6.07) is 2.85. The molecule has 0 atom stereocenters. The predicted octanol–water partition coefficient (Wildman–Crippen LogP) is 2.73. The van der Waals surface area contributed by atoms with Gasteiger partial charge in [-0.1, -0.05) is 11.6 Å². The molecule has 0 aliphatic carbocycles. The van der Waals surface area contributed by atoms with E-state index in [0.29, 0.717) is 22.9 Å². The molecule has 1 aromatic carbocycles. The minimum Gasteiger partial charge on any atom is -0.505 e. The monoisotopic (exact) mass is 243 g/mol. The summed E-state index contributed by atoms with van der Waals surface area (Å²) in [5.74, 6) is -0.422. The molecule has 0 aromatic heterocycles. The number of hydrogen-bond acceptors (Lipinski definition) is 2. The summed E-state index contributed by atoms with van der Waals surface area (Å²) in [7, 11) is 0. The first-order chi connectivity index (χ1) is 7.68. The van der Waals surface area contributed by atoms with Gasteiger partial charge in [0.15, 0.2) is 11.6 Å². The van der Waals surface area contributed by atoms with Crippen LogP contribution in [0, 0.1) is 11.7 Å². The Morgan fingerprint density at radius 3 is 2.75 bits per heavy atom. The van der Waals surface area contributed by atoms with E-state index >= 15 is 0 Å². The third-order valence-corrected chi connectivity index (χ3v) is 3.47. The van der Waals surface area contributed by atoms with E-state index in [1.54, 1.807) is 6.07 Å². The van der Waals surface area contributed by atoms with Gasteiger partial charge in [-0.25, -0.2) is 4.39 Å². The Bertz CT molecular complexity index is 378. The fourth-order valence-electron chi connectivity index (χ4n) is 2.15. The molecule has 0 unspecified atom stereocenters. The molecule has 1 saturated heterocycles. The normalized spacial score (nSPS) is 17.6. The molecule has 0 bridgehead atoms. The zero-order valence-electron chi connectivity index (χ0n) is 8.97. The van der Waals surface area contributed by atoms with Crippen molar-refractivity contribution in [3.63, 3.8) is 0 Å². The highest BCUT2D eigenvalue weighted by atomic mass is 35.5. The van der Waals surface area contributed by atoms with Gasteiger partial charge in [0.05, 0.1) is 0 Å². The maximum atomic E-state index is 13.7. The first-order valence-corrected chi connectivity index (χ1v) is 5.93. The summed E-state index contributed by atoms with van der Waals surface area (Å²) in [5.41, 5.74) is 0.452. The largest absolute Gasteiger partial charge is 0.505 e. The fraction of sp³-hybridized carbons (Fsp3) is 0.500. The quantitative estimate of drug-likeness (QED) is 0.837. The summed E-state index contributed by atoms with van der Waals surface area (Å²) in [4.78, 5) is 0. The molecule has 0 spiro atoms. The van der Waals surface area contributed by atoms with Crippen molar-refractivity contribution in [3.8, 4) is 5.75 Å². The number of hydrogen-bond donors (Lipinski definition) is 2. The van der Waals surface area contributed by atoms with Crippen molar-refractivity contribution in [2.24, 2.45) is 5.92 Å². The highest BCUT2D eigenvalue weighted by Crippen LogP contribution is 2.30. The lowest BCUT2D eigenvalue weighted by molar-refractivity contribution is 0.364. The summed E-state index contributed by atoms with van der Waals surface area (Å²) in [5, 5.41) is 13.0. The Morgan fingerprint density at radius 1 is 1.38 bits per heavy atom. The van der Waals surface area contributed by atoms with Crippen LogP contribution in [0.1, 0.15) is 18.4 Å². The van der Waals surface area contributed by atoms with Crippen LogP contribution in [0.25, 0.3) is 0 Å². The standard InChI is InChI=1S/C12H15ClFNO/c13-10-1-2-11(16)12(14)9(10)7-8-3-5-15-6-4-8/h1-2,8,15-16H,3-7H2. The predicted molar refractivity (Wildman–Crippen MR) is 62.4 cm³/mol. The lowest BCUT2D eigenvalue weighted by atomic mass is 9.90. The van der Waals surface area contributed by atoms with Crippen LogP contribution in [0.2, 0.25) is 5.02 Å². The second-order valence-corrected chi connectivity index (χ2v) is 4.66. The zero-order valence-corrected chi connectivity index (χ0v) is 9.73. The van der Waals surface area contributed by atoms with Gasteiger partial charge in [-0.05, 0) is 50.4 Å². The van der Waals surface area contributed by atoms with Crippen molar-refractivity contribution in [1.82, 2.24) is 5.32 Å². The Morgan fingerprint density at radius 2 is 2.06 bits per heavy atom. The molecule has 0 amide bonds. The Kier molecular flexibility index (Phi) is 3.66. The number of aromatic hydroxyl groups is 1. The molecule has 1 fully saturated rings. The molecular weight excluding hydrogens is 229 g/mol. The lowest BCUT2D eigenvalue weighted by Crippen LogP contribution is -2.28. The van der Waals surface area contributed by atoms with Gasteiger partial charge in [0.25, 0.3) is 0 Å². The second kappa shape index (κ2) is 5.02. The first-order valence-electron chi connectivity index (χ1n) is 5.55. The van der Waals surface area contributed by atoms with E-state index in [0.717, 1.165) is 25.9 Å². The molecule has 0 saturated carbocycles. The maximum Gasteiger partial charge on any atom is 0.169 e. The molecule has 1 aliphatic heterocycles. The van der Waals surface area contributed by atoms with E-state index < -0.39 is 5.82 Å². The topological polar surface area (TPSA) is 32.3 Å². The lowest BCUT2D eigenvalue weighted by Gasteiger charge is -2.23. The van der Waals surface area contributed by atoms with Gasteiger partial charge in [-0.15, -0.1) is 0 Å². The molecule has 2 nitrogen and oxygen atoms in total. The molecule has 88 valence electrons. The van der Waals surface area contributed by atoms with Gasteiger partial charge < -0.3 is 10.4 Å². The third kappa shape index (κ3) is 2.47. The zero-order chi connectivity index (χ0) is 11.5. The summed E-state index contributed by atoms with van der Waals surface area (Å²) >= 11 is 5.95. The second-order valence-electron chi connectivity index (χ2n) is 4.26. The van der Waals surface area contributed by atoms with Crippen LogP contribution in [0.3, 0.4) is 0 Å². The minimum atomic E-state index is -0.564. The first kappa shape index (κ1) is 11.7. The van der Waals surface area contributed by atoms with Crippen LogP contribution in [0.4, 0.5) is 4.39 Å². The van der Waals surface area contributed by atoms with Crippen LogP contribution < -0.4 is 5.32 Å². The highest BCUT2D eigenvalue weighted by molar-refractivity contribution is 6.31. The highest BCUT2D eigenvalue weighted by Gasteiger charge is 2.19. The molecular formula is C12H15ClFNO. The fourth-order valence-corrected chi connectivity index (χ4v) is 2.37. The Balaban J connectivity index is 2.16. The molecule has 1 heterocycles. The van der Waals surface area contributed by atoms with Gasteiger partial charge in [-0.3, -0.25) is 0 Å². The van der Waals surface area contributed by atoms with Crippen molar-refractivity contribution in [3.05, 3.63) is 28.5 Å². The summed E-state index contributed by atoms with van der Waals surface area (Å²) in [6.07, 6.45) is 2.68. The van der Waals surface area contributed by atoms with Crippen LogP contribution >= 0.6 is 11.6 Å². The van der Waals surface area contributed by atoms with E-state index in [2.05, 4.69) is 5.32 Å². The molecule has 16 heavy (non-hydrogen) atoms. The van der Waals surface area contributed by atoms with Crippen molar-refractivity contribution >= 4 is 11.6 Å². The Hall–Kier alpha value is -0.800. The maximum absolute atomic E-state index is 13.7. The summed E-state index contributed by atoms with van der Waals surface area (Å²) < 4.78 is 13.7. The third-order valence-electron chi connectivity index (χ3n) is 3.12. The van der Waals surface area contributed by atoms with Gasteiger partial charge in [0, 0.05) is 10.6 Å². The molecule has 4 heteroatoms. The Labute approximate surface area is 99.4 Å². The number of rotatable bonds is 2. The molecule has 2 rings (SSSR count). The number of piperidine rings is 1. The van der Waals surface area contributed by atoms with Gasteiger partial charge >= 0.3 is 0 Å². The van der Waals surface area contributed by atoms with E-state index in [4.69, 9.17) is 11.6 Å². The average molecular weight is 244 g/mol. The van der Waals surface area contributed by atoms with Crippen LogP contribution in [0.5, 0.6) is 5.75 Å². The number of halogens is 2. The SMILES string of the molecule is Oc1ccc(Cl)c(CC2CCNCC2)c1F. The molecule has 0 radical (unpaired) electrons. The van der Waals surface area contributed by atoms with Crippen molar-refractivity contribution in [2.75, 3.05) is 13.1 Å². The summed E-state index contributed by atoms with van der Waals surface area (Å²) in [6.45, 7) is 1.95. The van der Waals surface area contributed by atoms with E-state index in [9.17, 15) is 9.50 Å². The number of phenols is 1. The number of phenolic OH excluding ortho intramolecular Hbond substituents is 1. The van der Waals surface area contributed by atoms with E-state index in [1.165, 1.54) is 6.07 Å². The van der Waals surface area contributed by atoms with Gasteiger partial charge in [0.1, 0.15) is 0 Å². The van der Waals surface area contributed by atoms with Gasteiger partial charge in [0.2, 0.25) is 0 Å². The minimum absolute atomic E-state index is 0.312. The van der Waals surface area contributed by atoms with Crippen molar-refractivity contribution < 1.29 is 9.50 Å². The van der Waals surface area contributed by atoms with Crippen LogP contribution in [-0.2, 0) is 6.42 Å². The van der Waals surface area contributed by atoms with Crippen molar-refractivity contribution in [1.29, 1.82) is 0 Å². The molecule has 2 N–H and O–H groups in total. The molecule has 1 aliphatic rings. The van der Waals surface area contributed by atoms with Crippen molar-refractivity contribution in [2.45, 2.75) is 19.3 Å². The van der Waals surface area contributed by atoms with Crippen LogP contribution in [-0.4, -0.2) is 18.2 Å². The van der Waals surface area contributed by atoms with Crippen LogP contribution in [0.15, 0.2) is 12.1 Å². The smallest absolute Gasteiger partial charge is 0.169 e. The van der Waals surface area contributed by atoms with E-state index in [1.807, 2.05) is 0 Å². The van der Waals surface area contributed by atoms with Gasteiger partial charge in [-0.2, -0.15) is 0 Å². The molecule has 1 aromatic rings. The number of nitrogens with one attached hydrogen (secondary N) is 1. The van der Waals surface area contributed by atoms with E-state index in [-0.39, 0.29) is 5.75 Å².